The predicted molar refractivity (Wildman–Crippen MR) is 57.5 cm³/mol. The van der Waals surface area contributed by atoms with E-state index in [1.165, 1.54) is 6.07 Å². The molecule has 0 radical (unpaired) electrons. The average molecular weight is 221 g/mol. The van der Waals surface area contributed by atoms with Gasteiger partial charge in [0.15, 0.2) is 0 Å². The maximum atomic E-state index is 13.5. The van der Waals surface area contributed by atoms with E-state index < -0.39 is 0 Å². The van der Waals surface area contributed by atoms with Gasteiger partial charge >= 0.3 is 0 Å². The van der Waals surface area contributed by atoms with Crippen LogP contribution in [0, 0.1) is 5.82 Å². The van der Waals surface area contributed by atoms with Gasteiger partial charge in [0, 0.05) is 10.8 Å². The Balaban J connectivity index is 2.03. The van der Waals surface area contributed by atoms with Crippen LogP contribution in [0.4, 0.5) is 4.39 Å². The Morgan fingerprint density at radius 3 is 3.06 bits per heavy atom. The summed E-state index contributed by atoms with van der Waals surface area (Å²) in [5, 5.41) is 3.47. The average Bonchev–Trinajstić information content (AvgIpc) is 2.75. The van der Waals surface area contributed by atoms with Crippen LogP contribution in [0.1, 0.15) is 17.9 Å². The van der Waals surface area contributed by atoms with E-state index in [1.807, 2.05) is 6.07 Å². The molecule has 1 aromatic carbocycles. The number of ether oxygens (including phenoxy) is 1. The lowest BCUT2D eigenvalue weighted by molar-refractivity contribution is 0.115. The Bertz CT molecular complexity index is 417. The molecular weight excluding hydrogens is 209 g/mol. The van der Waals surface area contributed by atoms with Gasteiger partial charge in [0.05, 0.1) is 19.3 Å². The molecule has 0 amide bonds. The van der Waals surface area contributed by atoms with Crippen molar-refractivity contribution >= 4 is 0 Å². The van der Waals surface area contributed by atoms with E-state index in [1.54, 1.807) is 12.1 Å². The SMILES string of the molecule is [N-]=[N+]=NCC1CC(c2ccccc2F)CO1. The van der Waals surface area contributed by atoms with Gasteiger partial charge in [-0.25, -0.2) is 4.39 Å². The number of azide groups is 1. The van der Waals surface area contributed by atoms with Gasteiger partial charge in [-0.05, 0) is 23.6 Å². The molecule has 1 heterocycles. The summed E-state index contributed by atoms with van der Waals surface area (Å²) in [7, 11) is 0. The van der Waals surface area contributed by atoms with Crippen molar-refractivity contribution in [2.75, 3.05) is 13.2 Å². The Kier molecular flexibility index (Phi) is 3.39. The zero-order valence-electron chi connectivity index (χ0n) is 8.71. The highest BCUT2D eigenvalue weighted by molar-refractivity contribution is 5.22. The smallest absolute Gasteiger partial charge is 0.126 e. The molecular formula is C11H12FN3O. The molecule has 84 valence electrons. The van der Waals surface area contributed by atoms with Crippen molar-refractivity contribution in [3.05, 3.63) is 46.1 Å². The van der Waals surface area contributed by atoms with Gasteiger partial charge in [-0.15, -0.1) is 0 Å². The molecule has 0 bridgehead atoms. The van der Waals surface area contributed by atoms with E-state index in [4.69, 9.17) is 10.3 Å². The van der Waals surface area contributed by atoms with Gasteiger partial charge in [-0.2, -0.15) is 0 Å². The lowest BCUT2D eigenvalue weighted by Crippen LogP contribution is -2.08. The first kappa shape index (κ1) is 10.9. The van der Waals surface area contributed by atoms with Crippen molar-refractivity contribution in [3.8, 4) is 0 Å². The number of benzene rings is 1. The molecule has 1 fully saturated rings. The second kappa shape index (κ2) is 4.96. The van der Waals surface area contributed by atoms with E-state index in [0.717, 1.165) is 0 Å². The maximum Gasteiger partial charge on any atom is 0.126 e. The van der Waals surface area contributed by atoms with Gasteiger partial charge in [0.1, 0.15) is 5.82 Å². The quantitative estimate of drug-likeness (QED) is 0.439. The summed E-state index contributed by atoms with van der Waals surface area (Å²) in [5.41, 5.74) is 8.88. The molecule has 4 nitrogen and oxygen atoms in total. The Morgan fingerprint density at radius 1 is 1.50 bits per heavy atom. The predicted octanol–water partition coefficient (Wildman–Crippen LogP) is 3.01. The summed E-state index contributed by atoms with van der Waals surface area (Å²) in [6.45, 7) is 0.813. The van der Waals surface area contributed by atoms with Crippen molar-refractivity contribution in [3.63, 3.8) is 0 Å². The topological polar surface area (TPSA) is 58.0 Å². The number of rotatable bonds is 3. The largest absolute Gasteiger partial charge is 0.377 e. The molecule has 2 unspecified atom stereocenters. The molecule has 1 saturated heterocycles. The van der Waals surface area contributed by atoms with Crippen LogP contribution in [0.5, 0.6) is 0 Å². The summed E-state index contributed by atoms with van der Waals surface area (Å²) >= 11 is 0. The molecule has 0 saturated carbocycles. The lowest BCUT2D eigenvalue weighted by atomic mass is 9.96. The first-order chi connectivity index (χ1) is 7.81. The van der Waals surface area contributed by atoms with Crippen LogP contribution >= 0.6 is 0 Å². The molecule has 0 spiro atoms. The fraction of sp³-hybridized carbons (Fsp3) is 0.455. The molecule has 2 rings (SSSR count). The molecule has 0 aromatic heterocycles. The van der Waals surface area contributed by atoms with Crippen molar-refractivity contribution in [1.29, 1.82) is 0 Å². The first-order valence-corrected chi connectivity index (χ1v) is 5.18. The summed E-state index contributed by atoms with van der Waals surface area (Å²) in [6.07, 6.45) is 0.625. The molecule has 1 aromatic rings. The zero-order valence-corrected chi connectivity index (χ0v) is 8.71. The Labute approximate surface area is 92.7 Å². The lowest BCUT2D eigenvalue weighted by Gasteiger charge is -2.08. The number of hydrogen-bond donors (Lipinski definition) is 0. The van der Waals surface area contributed by atoms with Crippen molar-refractivity contribution in [1.82, 2.24) is 0 Å². The minimum atomic E-state index is -0.194. The number of halogens is 1. The summed E-state index contributed by atoms with van der Waals surface area (Å²) in [4.78, 5) is 2.69. The van der Waals surface area contributed by atoms with Crippen molar-refractivity contribution < 1.29 is 9.13 Å². The maximum absolute atomic E-state index is 13.5. The summed E-state index contributed by atoms with van der Waals surface area (Å²) in [6, 6.07) is 6.72. The van der Waals surface area contributed by atoms with Gasteiger partial charge in [-0.3, -0.25) is 0 Å². The molecule has 1 aliphatic heterocycles. The van der Waals surface area contributed by atoms with Crippen LogP contribution in [0.3, 0.4) is 0 Å². The molecule has 0 aliphatic carbocycles. The van der Waals surface area contributed by atoms with Gasteiger partial charge in [-0.1, -0.05) is 23.3 Å². The first-order valence-electron chi connectivity index (χ1n) is 5.18. The second-order valence-electron chi connectivity index (χ2n) is 3.82. The summed E-state index contributed by atoms with van der Waals surface area (Å²) < 4.78 is 18.9. The van der Waals surface area contributed by atoms with Crippen molar-refractivity contribution in [2.45, 2.75) is 18.4 Å². The van der Waals surface area contributed by atoms with E-state index in [0.29, 0.717) is 25.1 Å². The van der Waals surface area contributed by atoms with Crippen molar-refractivity contribution in [2.24, 2.45) is 5.11 Å². The van der Waals surface area contributed by atoms with Crippen LogP contribution in [0.25, 0.3) is 10.4 Å². The highest BCUT2D eigenvalue weighted by atomic mass is 19.1. The number of nitrogens with zero attached hydrogens (tertiary/aromatic N) is 3. The standard InChI is InChI=1S/C11H12FN3O/c12-11-4-2-1-3-10(11)8-5-9(16-7-8)6-14-15-13/h1-4,8-9H,5-7H2. The van der Waals surface area contributed by atoms with Gasteiger partial charge < -0.3 is 4.74 Å². The highest BCUT2D eigenvalue weighted by Gasteiger charge is 2.27. The zero-order chi connectivity index (χ0) is 11.4. The van der Waals surface area contributed by atoms with E-state index in [2.05, 4.69) is 10.0 Å². The highest BCUT2D eigenvalue weighted by Crippen LogP contribution is 2.30. The molecule has 5 heteroatoms. The van der Waals surface area contributed by atoms with Gasteiger partial charge in [0.2, 0.25) is 0 Å². The third-order valence-electron chi connectivity index (χ3n) is 2.77. The normalized spacial score (nSPS) is 24.1. The van der Waals surface area contributed by atoms with Gasteiger partial charge in [0.25, 0.3) is 0 Å². The fourth-order valence-corrected chi connectivity index (χ4v) is 1.98. The Morgan fingerprint density at radius 2 is 2.31 bits per heavy atom. The third kappa shape index (κ3) is 2.32. The molecule has 1 aliphatic rings. The monoisotopic (exact) mass is 221 g/mol. The van der Waals surface area contributed by atoms with Crippen LogP contribution in [-0.4, -0.2) is 19.3 Å². The minimum absolute atomic E-state index is 0.0695. The number of hydrogen-bond acceptors (Lipinski definition) is 2. The molecule has 16 heavy (non-hydrogen) atoms. The molecule has 0 N–H and O–H groups in total. The van der Waals surface area contributed by atoms with Crippen LogP contribution < -0.4 is 0 Å². The second-order valence-corrected chi connectivity index (χ2v) is 3.82. The van der Waals surface area contributed by atoms with Crippen LogP contribution in [0.2, 0.25) is 0 Å². The van der Waals surface area contributed by atoms with E-state index in [-0.39, 0.29) is 17.8 Å². The molecule has 2 atom stereocenters. The van der Waals surface area contributed by atoms with Crippen LogP contribution in [0.15, 0.2) is 29.4 Å². The minimum Gasteiger partial charge on any atom is -0.377 e. The third-order valence-corrected chi connectivity index (χ3v) is 2.77. The summed E-state index contributed by atoms with van der Waals surface area (Å²) in [5.74, 6) is -0.124. The Hall–Kier alpha value is -1.58. The van der Waals surface area contributed by atoms with Crippen LogP contribution in [-0.2, 0) is 4.74 Å². The fourth-order valence-electron chi connectivity index (χ4n) is 1.98. The van der Waals surface area contributed by atoms with E-state index >= 15 is 0 Å². The van der Waals surface area contributed by atoms with E-state index in [9.17, 15) is 4.39 Å².